The first-order chi connectivity index (χ1) is 9.67. The van der Waals surface area contributed by atoms with Gasteiger partial charge in [-0.15, -0.1) is 0 Å². The summed E-state index contributed by atoms with van der Waals surface area (Å²) in [5, 5.41) is 14.1. The highest BCUT2D eigenvalue weighted by Gasteiger charge is 2.43. The van der Waals surface area contributed by atoms with E-state index in [0.29, 0.717) is 12.4 Å². The predicted molar refractivity (Wildman–Crippen MR) is 75.0 cm³/mol. The molecule has 1 saturated carbocycles. The van der Waals surface area contributed by atoms with Gasteiger partial charge in [-0.25, -0.2) is 0 Å². The van der Waals surface area contributed by atoms with Crippen molar-refractivity contribution in [3.05, 3.63) is 34.4 Å². The van der Waals surface area contributed by atoms with Crippen molar-refractivity contribution in [2.75, 3.05) is 13.7 Å². The van der Waals surface area contributed by atoms with Gasteiger partial charge in [0.1, 0.15) is 12.2 Å². The molecule has 0 bridgehead atoms. The molecule has 6 nitrogen and oxygen atoms in total. The van der Waals surface area contributed by atoms with Gasteiger partial charge < -0.3 is 14.8 Å². The second-order valence-corrected chi connectivity index (χ2v) is 4.85. The number of rotatable bonds is 7. The molecule has 0 radical (unpaired) electrons. The normalized spacial score (nSPS) is 25.0. The van der Waals surface area contributed by atoms with Gasteiger partial charge in [-0.3, -0.25) is 10.1 Å². The van der Waals surface area contributed by atoms with Crippen LogP contribution in [-0.4, -0.2) is 36.8 Å². The molecule has 0 amide bonds. The summed E-state index contributed by atoms with van der Waals surface area (Å²) < 4.78 is 11.5. The van der Waals surface area contributed by atoms with Gasteiger partial charge in [-0.2, -0.15) is 0 Å². The van der Waals surface area contributed by atoms with Crippen LogP contribution in [0.1, 0.15) is 19.8 Å². The van der Waals surface area contributed by atoms with E-state index in [2.05, 4.69) is 5.32 Å². The Morgan fingerprint density at radius 3 is 2.85 bits per heavy atom. The Morgan fingerprint density at radius 2 is 2.20 bits per heavy atom. The summed E-state index contributed by atoms with van der Waals surface area (Å²) >= 11 is 0. The molecule has 0 aliphatic heterocycles. The lowest BCUT2D eigenvalue weighted by molar-refractivity contribution is -0.386. The Bertz CT molecular complexity index is 466. The molecule has 1 aromatic rings. The first-order valence-corrected chi connectivity index (χ1v) is 6.86. The third kappa shape index (κ3) is 3.08. The first-order valence-electron chi connectivity index (χ1n) is 6.86. The Balaban J connectivity index is 2.04. The van der Waals surface area contributed by atoms with Gasteiger partial charge >= 0.3 is 5.69 Å². The minimum atomic E-state index is -0.425. The third-order valence-corrected chi connectivity index (χ3v) is 3.47. The zero-order chi connectivity index (χ0) is 14.5. The van der Waals surface area contributed by atoms with E-state index >= 15 is 0 Å². The molecule has 1 fully saturated rings. The summed E-state index contributed by atoms with van der Waals surface area (Å²) in [7, 11) is 1.88. The van der Waals surface area contributed by atoms with Crippen LogP contribution in [0, 0.1) is 10.1 Å². The molecule has 3 atom stereocenters. The molecule has 0 heterocycles. The van der Waals surface area contributed by atoms with E-state index in [0.717, 1.165) is 12.8 Å². The van der Waals surface area contributed by atoms with E-state index in [-0.39, 0.29) is 23.9 Å². The average molecular weight is 280 g/mol. The van der Waals surface area contributed by atoms with Gasteiger partial charge in [0.2, 0.25) is 0 Å². The maximum Gasteiger partial charge on any atom is 0.310 e. The second kappa shape index (κ2) is 6.67. The van der Waals surface area contributed by atoms with Crippen LogP contribution >= 0.6 is 0 Å². The minimum absolute atomic E-state index is 0.00495. The molecule has 2 rings (SSSR count). The van der Waals surface area contributed by atoms with E-state index < -0.39 is 4.92 Å². The van der Waals surface area contributed by atoms with Crippen molar-refractivity contribution in [3.8, 4) is 5.75 Å². The van der Waals surface area contributed by atoms with Gasteiger partial charge in [0, 0.05) is 25.1 Å². The summed E-state index contributed by atoms with van der Waals surface area (Å²) in [6.45, 7) is 2.71. The van der Waals surface area contributed by atoms with E-state index in [1.807, 2.05) is 14.0 Å². The van der Waals surface area contributed by atoms with E-state index in [4.69, 9.17) is 9.47 Å². The van der Waals surface area contributed by atoms with Crippen molar-refractivity contribution in [2.45, 2.75) is 38.0 Å². The lowest BCUT2D eigenvalue weighted by Gasteiger charge is -2.43. The van der Waals surface area contributed by atoms with Gasteiger partial charge in [0.15, 0.2) is 5.75 Å². The molecule has 20 heavy (non-hydrogen) atoms. The number of nitrogens with zero attached hydrogens (tertiary/aromatic N) is 1. The van der Waals surface area contributed by atoms with Crippen LogP contribution in [0.15, 0.2) is 24.3 Å². The molecular formula is C14H20N2O4. The smallest absolute Gasteiger partial charge is 0.310 e. The highest BCUT2D eigenvalue weighted by atomic mass is 16.6. The van der Waals surface area contributed by atoms with Crippen LogP contribution in [0.25, 0.3) is 0 Å². The second-order valence-electron chi connectivity index (χ2n) is 4.85. The lowest BCUT2D eigenvalue weighted by atomic mass is 9.85. The summed E-state index contributed by atoms with van der Waals surface area (Å²) in [4.78, 5) is 10.5. The number of para-hydroxylation sites is 2. The van der Waals surface area contributed by atoms with Gasteiger partial charge in [0.25, 0.3) is 0 Å². The van der Waals surface area contributed by atoms with Crippen LogP contribution in [0.3, 0.4) is 0 Å². The largest absolute Gasteiger partial charge is 0.481 e. The van der Waals surface area contributed by atoms with Gasteiger partial charge in [-0.05, 0) is 19.5 Å². The fourth-order valence-electron chi connectivity index (χ4n) is 2.33. The van der Waals surface area contributed by atoms with E-state index in [9.17, 15) is 10.1 Å². The van der Waals surface area contributed by atoms with Crippen molar-refractivity contribution >= 4 is 5.69 Å². The third-order valence-electron chi connectivity index (χ3n) is 3.47. The number of hydrogen-bond acceptors (Lipinski definition) is 5. The molecule has 110 valence electrons. The molecule has 1 aliphatic rings. The zero-order valence-corrected chi connectivity index (χ0v) is 11.7. The Kier molecular flexibility index (Phi) is 4.92. The molecule has 6 heteroatoms. The average Bonchev–Trinajstić information content (AvgIpc) is 2.43. The fraction of sp³-hybridized carbons (Fsp3) is 0.571. The number of benzene rings is 1. The Hall–Kier alpha value is -1.66. The first kappa shape index (κ1) is 14.7. The quantitative estimate of drug-likeness (QED) is 0.612. The monoisotopic (exact) mass is 280 g/mol. The maximum absolute atomic E-state index is 11.0. The molecule has 0 aromatic heterocycles. The number of hydrogen-bond donors (Lipinski definition) is 1. The van der Waals surface area contributed by atoms with Crippen molar-refractivity contribution in [1.29, 1.82) is 0 Å². The van der Waals surface area contributed by atoms with Crippen LogP contribution in [0.2, 0.25) is 0 Å². The van der Waals surface area contributed by atoms with Crippen LogP contribution in [-0.2, 0) is 4.74 Å². The van der Waals surface area contributed by atoms with Crippen LogP contribution in [0.4, 0.5) is 5.69 Å². The van der Waals surface area contributed by atoms with E-state index in [1.54, 1.807) is 18.2 Å². The topological polar surface area (TPSA) is 73.6 Å². The zero-order valence-electron chi connectivity index (χ0n) is 11.7. The lowest BCUT2D eigenvalue weighted by Crippen LogP contribution is -2.60. The molecule has 3 unspecified atom stereocenters. The summed E-state index contributed by atoms with van der Waals surface area (Å²) in [6, 6.07) is 6.69. The molecule has 0 spiro atoms. The number of ether oxygens (including phenoxy) is 2. The van der Waals surface area contributed by atoms with Crippen molar-refractivity contribution in [1.82, 2.24) is 5.32 Å². The standard InChI is InChI=1S/C14H20N2O4/c1-3-8-19-14-10(15-2)9-13(14)20-12-7-5-4-6-11(12)16(17)18/h4-7,10,13-15H,3,8-9H2,1-2H3. The van der Waals surface area contributed by atoms with Gasteiger partial charge in [-0.1, -0.05) is 19.1 Å². The van der Waals surface area contributed by atoms with E-state index in [1.165, 1.54) is 6.07 Å². The van der Waals surface area contributed by atoms with Crippen molar-refractivity contribution in [2.24, 2.45) is 0 Å². The summed E-state index contributed by atoms with van der Waals surface area (Å²) in [6.07, 6.45) is 1.53. The fourth-order valence-corrected chi connectivity index (χ4v) is 2.33. The van der Waals surface area contributed by atoms with Gasteiger partial charge in [0.05, 0.1) is 4.92 Å². The highest BCUT2D eigenvalue weighted by molar-refractivity contribution is 5.46. The summed E-state index contributed by atoms with van der Waals surface area (Å²) in [5.74, 6) is 0.308. The van der Waals surface area contributed by atoms with Crippen molar-refractivity contribution < 1.29 is 14.4 Å². The van der Waals surface area contributed by atoms with Crippen LogP contribution in [0.5, 0.6) is 5.75 Å². The number of nitro groups is 1. The number of likely N-dealkylation sites (N-methyl/N-ethyl adjacent to an activating group) is 1. The SMILES string of the molecule is CCCOC1C(NC)CC1Oc1ccccc1[N+](=O)[O-]. The predicted octanol–water partition coefficient (Wildman–Crippen LogP) is 2.13. The number of nitrogens with one attached hydrogen (secondary N) is 1. The summed E-state index contributed by atoms with van der Waals surface area (Å²) in [5.41, 5.74) is -0.00495. The number of nitro benzene ring substituents is 1. The molecule has 1 aromatic carbocycles. The Labute approximate surface area is 118 Å². The molecular weight excluding hydrogens is 260 g/mol. The molecule has 1 aliphatic carbocycles. The van der Waals surface area contributed by atoms with Crippen LogP contribution < -0.4 is 10.1 Å². The minimum Gasteiger partial charge on any atom is -0.481 e. The highest BCUT2D eigenvalue weighted by Crippen LogP contribution is 2.33. The molecule has 1 N–H and O–H groups in total. The molecule has 0 saturated heterocycles. The van der Waals surface area contributed by atoms with Crippen molar-refractivity contribution in [3.63, 3.8) is 0 Å². The Morgan fingerprint density at radius 1 is 1.45 bits per heavy atom. The maximum atomic E-state index is 11.0.